The molecule has 4 rings (SSSR count). The van der Waals surface area contributed by atoms with Crippen LogP contribution in [0.3, 0.4) is 0 Å². The smallest absolute Gasteiger partial charge is 0.295 e. The molecule has 2 aromatic carbocycles. The molecule has 1 saturated carbocycles. The van der Waals surface area contributed by atoms with Crippen molar-refractivity contribution in [2.75, 3.05) is 0 Å². The highest BCUT2D eigenvalue weighted by atomic mass is 35.5. The third-order valence-electron chi connectivity index (χ3n) is 5.60. The van der Waals surface area contributed by atoms with E-state index in [0.29, 0.717) is 16.1 Å². The van der Waals surface area contributed by atoms with Crippen LogP contribution in [0.15, 0.2) is 48.0 Å². The molecule has 1 atom stereocenters. The van der Waals surface area contributed by atoms with Gasteiger partial charge >= 0.3 is 0 Å². The molecule has 7 heteroatoms. The third-order valence-corrected chi connectivity index (χ3v) is 6.16. The lowest BCUT2D eigenvalue weighted by atomic mass is 9.94. The number of aromatic hydroxyl groups is 1. The summed E-state index contributed by atoms with van der Waals surface area (Å²) in [6.45, 7) is 0. The second-order valence-corrected chi connectivity index (χ2v) is 8.21. The van der Waals surface area contributed by atoms with Crippen molar-refractivity contribution in [3.63, 3.8) is 0 Å². The Kier molecular flexibility index (Phi) is 5.28. The normalized spacial score (nSPS) is 21.9. The number of likely N-dealkylation sites (tertiary alicyclic amines) is 1. The molecule has 1 amide bonds. The number of nitrogens with zero attached hydrogens (tertiary/aromatic N) is 1. The van der Waals surface area contributed by atoms with Crippen molar-refractivity contribution in [2.24, 2.45) is 0 Å². The molecule has 0 bridgehead atoms. The summed E-state index contributed by atoms with van der Waals surface area (Å²) in [6, 6.07) is 10.1. The highest BCUT2D eigenvalue weighted by Gasteiger charge is 2.49. The first-order valence-electron chi connectivity index (χ1n) is 9.43. The van der Waals surface area contributed by atoms with Crippen LogP contribution in [-0.2, 0) is 9.59 Å². The first-order valence-corrected chi connectivity index (χ1v) is 10.2. The van der Waals surface area contributed by atoms with Gasteiger partial charge in [0.15, 0.2) is 0 Å². The van der Waals surface area contributed by atoms with Crippen molar-refractivity contribution in [3.8, 4) is 5.75 Å². The van der Waals surface area contributed by atoms with E-state index in [9.17, 15) is 19.8 Å². The average molecular weight is 432 g/mol. The van der Waals surface area contributed by atoms with Gasteiger partial charge in [-0.2, -0.15) is 0 Å². The van der Waals surface area contributed by atoms with Gasteiger partial charge in [0.1, 0.15) is 11.5 Å². The number of hydrogen-bond donors (Lipinski definition) is 2. The number of carbonyl (C=O) groups excluding carboxylic acids is 2. The van der Waals surface area contributed by atoms with Crippen LogP contribution in [-0.4, -0.2) is 32.8 Å². The van der Waals surface area contributed by atoms with Gasteiger partial charge in [0.25, 0.3) is 11.7 Å². The van der Waals surface area contributed by atoms with Crippen molar-refractivity contribution in [1.29, 1.82) is 0 Å². The number of ketones is 1. The van der Waals surface area contributed by atoms with E-state index in [1.807, 2.05) is 0 Å². The SMILES string of the molecule is O=C1C(=O)N(C2CCCC2)C(c2ccc(O)c(Cl)c2)/C1=C(/O)c1ccc(Cl)cc1. The maximum atomic E-state index is 13.0. The summed E-state index contributed by atoms with van der Waals surface area (Å²) < 4.78 is 0. The van der Waals surface area contributed by atoms with E-state index in [2.05, 4.69) is 0 Å². The minimum atomic E-state index is -0.771. The Morgan fingerprint density at radius 2 is 1.66 bits per heavy atom. The van der Waals surface area contributed by atoms with E-state index in [1.54, 1.807) is 35.2 Å². The molecule has 0 aromatic heterocycles. The highest BCUT2D eigenvalue weighted by molar-refractivity contribution is 6.46. The maximum Gasteiger partial charge on any atom is 0.295 e. The molecule has 5 nitrogen and oxygen atoms in total. The molecule has 150 valence electrons. The Balaban J connectivity index is 1.90. The van der Waals surface area contributed by atoms with Gasteiger partial charge < -0.3 is 15.1 Å². The zero-order chi connectivity index (χ0) is 20.7. The first kappa shape index (κ1) is 19.8. The fourth-order valence-corrected chi connectivity index (χ4v) is 4.51. The predicted octanol–water partition coefficient (Wildman–Crippen LogP) is 5.06. The molecule has 1 heterocycles. The van der Waals surface area contributed by atoms with Crippen LogP contribution in [0, 0.1) is 0 Å². The van der Waals surface area contributed by atoms with E-state index < -0.39 is 17.7 Å². The summed E-state index contributed by atoms with van der Waals surface area (Å²) in [5.74, 6) is -1.69. The van der Waals surface area contributed by atoms with Crippen LogP contribution in [0.25, 0.3) is 5.76 Å². The van der Waals surface area contributed by atoms with Gasteiger partial charge in [-0.05, 0) is 54.8 Å². The van der Waals surface area contributed by atoms with Crippen molar-refractivity contribution in [3.05, 3.63) is 69.2 Å². The highest BCUT2D eigenvalue weighted by Crippen LogP contribution is 2.44. The molecule has 29 heavy (non-hydrogen) atoms. The van der Waals surface area contributed by atoms with Crippen molar-refractivity contribution < 1.29 is 19.8 Å². The van der Waals surface area contributed by atoms with Gasteiger partial charge in [0.05, 0.1) is 16.6 Å². The van der Waals surface area contributed by atoms with Crippen LogP contribution in [0.5, 0.6) is 5.75 Å². The van der Waals surface area contributed by atoms with Crippen molar-refractivity contribution in [1.82, 2.24) is 4.90 Å². The van der Waals surface area contributed by atoms with E-state index >= 15 is 0 Å². The number of benzene rings is 2. The number of phenols is 1. The first-order chi connectivity index (χ1) is 13.9. The summed E-state index contributed by atoms with van der Waals surface area (Å²) in [7, 11) is 0. The van der Waals surface area contributed by atoms with Crippen LogP contribution in [0.4, 0.5) is 0 Å². The van der Waals surface area contributed by atoms with Crippen LogP contribution >= 0.6 is 23.2 Å². The van der Waals surface area contributed by atoms with Gasteiger partial charge in [-0.1, -0.05) is 42.1 Å². The molecular formula is C22H19Cl2NO4. The Labute approximate surface area is 178 Å². The Morgan fingerprint density at radius 3 is 2.28 bits per heavy atom. The second kappa shape index (κ2) is 7.73. The van der Waals surface area contributed by atoms with E-state index in [4.69, 9.17) is 23.2 Å². The molecule has 1 unspecified atom stereocenters. The van der Waals surface area contributed by atoms with Gasteiger partial charge in [-0.25, -0.2) is 0 Å². The van der Waals surface area contributed by atoms with Crippen molar-refractivity contribution >= 4 is 40.7 Å². The molecule has 2 fully saturated rings. The molecule has 1 aliphatic carbocycles. The van der Waals surface area contributed by atoms with E-state index in [-0.39, 0.29) is 28.1 Å². The quantitative estimate of drug-likeness (QED) is 0.404. The van der Waals surface area contributed by atoms with Crippen LogP contribution < -0.4 is 0 Å². The number of carbonyl (C=O) groups is 2. The lowest BCUT2D eigenvalue weighted by molar-refractivity contribution is -0.141. The third kappa shape index (κ3) is 3.49. The average Bonchev–Trinajstić information content (AvgIpc) is 3.31. The summed E-state index contributed by atoms with van der Waals surface area (Å²) in [5.41, 5.74) is 0.981. The van der Waals surface area contributed by atoms with Gasteiger partial charge in [0, 0.05) is 16.6 Å². The monoisotopic (exact) mass is 431 g/mol. The summed E-state index contributed by atoms with van der Waals surface area (Å²) in [5, 5.41) is 21.4. The Bertz CT molecular complexity index is 1010. The summed E-state index contributed by atoms with van der Waals surface area (Å²) in [6.07, 6.45) is 3.56. The zero-order valence-electron chi connectivity index (χ0n) is 15.4. The molecule has 0 radical (unpaired) electrons. The zero-order valence-corrected chi connectivity index (χ0v) is 17.0. The number of aliphatic hydroxyl groups excluding tert-OH is 1. The van der Waals surface area contributed by atoms with E-state index in [1.165, 1.54) is 12.1 Å². The number of phenolic OH excluding ortho intramolecular Hbond substituents is 1. The molecule has 2 aromatic rings. The fraction of sp³-hybridized carbons (Fsp3) is 0.273. The molecule has 2 aliphatic rings. The van der Waals surface area contributed by atoms with Gasteiger partial charge in [-0.3, -0.25) is 9.59 Å². The molecule has 1 saturated heterocycles. The molecular weight excluding hydrogens is 413 g/mol. The largest absolute Gasteiger partial charge is 0.507 e. The lowest BCUT2D eigenvalue weighted by Crippen LogP contribution is -2.37. The maximum absolute atomic E-state index is 13.0. The Morgan fingerprint density at radius 1 is 1.00 bits per heavy atom. The molecule has 1 aliphatic heterocycles. The number of halogens is 2. The minimum absolute atomic E-state index is 0.0194. The van der Waals surface area contributed by atoms with Crippen LogP contribution in [0.2, 0.25) is 10.0 Å². The van der Waals surface area contributed by atoms with Gasteiger partial charge in [-0.15, -0.1) is 0 Å². The molecule has 2 N–H and O–H groups in total. The number of aliphatic hydroxyl groups is 1. The topological polar surface area (TPSA) is 77.8 Å². The van der Waals surface area contributed by atoms with Gasteiger partial charge in [0.2, 0.25) is 0 Å². The number of Topliss-reactive ketones (excluding diaryl/α,β-unsaturated/α-hetero) is 1. The standard InChI is InChI=1S/C22H19Cl2NO4/c23-14-8-5-12(6-9-14)20(27)18-19(13-7-10-17(26)16(24)11-13)25(22(29)21(18)28)15-3-1-2-4-15/h5-11,15,19,26-27H,1-4H2/b20-18-. The number of hydrogen-bond acceptors (Lipinski definition) is 4. The minimum Gasteiger partial charge on any atom is -0.507 e. The van der Waals surface area contributed by atoms with Crippen LogP contribution in [0.1, 0.15) is 42.9 Å². The summed E-state index contributed by atoms with van der Waals surface area (Å²) in [4.78, 5) is 27.5. The predicted molar refractivity (Wildman–Crippen MR) is 111 cm³/mol. The van der Waals surface area contributed by atoms with Crippen molar-refractivity contribution in [2.45, 2.75) is 37.8 Å². The number of amides is 1. The number of rotatable bonds is 3. The fourth-order valence-electron chi connectivity index (χ4n) is 4.19. The molecule has 0 spiro atoms. The summed E-state index contributed by atoms with van der Waals surface area (Å²) >= 11 is 12.0. The lowest BCUT2D eigenvalue weighted by Gasteiger charge is -2.31. The second-order valence-electron chi connectivity index (χ2n) is 7.36. The van der Waals surface area contributed by atoms with E-state index in [0.717, 1.165) is 25.7 Å². The Hall–Kier alpha value is -2.50.